The number of ether oxygens (including phenoxy) is 2. The first-order valence-corrected chi connectivity index (χ1v) is 14.7. The number of rotatable bonds is 12. The lowest BCUT2D eigenvalue weighted by atomic mass is 10.2. The number of hydrogen-bond acceptors (Lipinski definition) is 6. The molecule has 0 amide bonds. The van der Waals surface area contributed by atoms with Gasteiger partial charge in [0.15, 0.2) is 10.2 Å². The third-order valence-corrected chi connectivity index (χ3v) is 6.48. The van der Waals surface area contributed by atoms with Crippen LogP contribution in [-0.4, -0.2) is 35.9 Å². The lowest BCUT2D eigenvalue weighted by Crippen LogP contribution is -2.23. The van der Waals surface area contributed by atoms with Crippen molar-refractivity contribution in [1.29, 1.82) is 0 Å². The average Bonchev–Trinajstić information content (AvgIpc) is 3.01. The molecule has 0 spiro atoms. The maximum absolute atomic E-state index is 5.99. The maximum atomic E-state index is 5.99. The van der Waals surface area contributed by atoms with Gasteiger partial charge in [-0.3, -0.25) is 10.9 Å². The third kappa shape index (κ3) is 11.2. The molecular formula is C31H28Cl2N6O2S2. The highest BCUT2D eigenvalue weighted by Gasteiger charge is 2.04. The van der Waals surface area contributed by atoms with Crippen LogP contribution in [0.25, 0.3) is 0 Å². The molecule has 43 heavy (non-hydrogen) atoms. The fourth-order valence-electron chi connectivity index (χ4n) is 3.57. The fourth-order valence-corrected chi connectivity index (χ4v) is 4.16. The number of hydrazone groups is 2. The zero-order valence-electron chi connectivity index (χ0n) is 22.8. The number of nitrogens with zero attached hydrogens (tertiary/aromatic N) is 2. The molecular weight excluding hydrogens is 623 g/mol. The van der Waals surface area contributed by atoms with Crippen molar-refractivity contribution in [2.75, 3.05) is 23.8 Å². The number of hydrogen-bond donors (Lipinski definition) is 4. The minimum atomic E-state index is 0.354. The van der Waals surface area contributed by atoms with Crippen molar-refractivity contribution in [3.63, 3.8) is 0 Å². The van der Waals surface area contributed by atoms with Crippen molar-refractivity contribution in [1.82, 2.24) is 10.9 Å². The number of benzene rings is 4. The van der Waals surface area contributed by atoms with Gasteiger partial charge in [-0.15, -0.1) is 0 Å². The molecule has 0 radical (unpaired) electrons. The Morgan fingerprint density at radius 3 is 1.42 bits per heavy atom. The number of halogens is 2. The number of thiocarbonyl (C=S) groups is 2. The summed E-state index contributed by atoms with van der Waals surface area (Å²) in [5, 5.41) is 16.5. The summed E-state index contributed by atoms with van der Waals surface area (Å²) in [7, 11) is 0. The van der Waals surface area contributed by atoms with E-state index in [0.717, 1.165) is 22.5 Å². The van der Waals surface area contributed by atoms with Crippen LogP contribution < -0.4 is 31.0 Å². The summed E-state index contributed by atoms with van der Waals surface area (Å²) < 4.78 is 12.0. The van der Waals surface area contributed by atoms with Crippen LogP contribution >= 0.6 is 47.6 Å². The van der Waals surface area contributed by atoms with Gasteiger partial charge >= 0.3 is 0 Å². The van der Waals surface area contributed by atoms with Gasteiger partial charge in [0.1, 0.15) is 11.5 Å². The molecule has 0 saturated carbocycles. The minimum Gasteiger partial charge on any atom is -0.493 e. The summed E-state index contributed by atoms with van der Waals surface area (Å²) in [6.45, 7) is 0.911. The number of para-hydroxylation sites is 2. The Bertz CT molecular complexity index is 1450. The zero-order chi connectivity index (χ0) is 30.3. The van der Waals surface area contributed by atoms with E-state index in [4.69, 9.17) is 57.1 Å². The number of nitrogens with one attached hydrogen (secondary N) is 4. The van der Waals surface area contributed by atoms with E-state index in [9.17, 15) is 0 Å². The van der Waals surface area contributed by atoms with Gasteiger partial charge in [0, 0.05) is 39.0 Å². The van der Waals surface area contributed by atoms with Gasteiger partial charge in [0.25, 0.3) is 0 Å². The molecule has 8 nitrogen and oxygen atoms in total. The lowest BCUT2D eigenvalue weighted by Gasteiger charge is -2.11. The molecule has 0 saturated heterocycles. The molecule has 0 bridgehead atoms. The van der Waals surface area contributed by atoms with Crippen LogP contribution in [0.1, 0.15) is 17.5 Å². The van der Waals surface area contributed by atoms with E-state index < -0.39 is 0 Å². The smallest absolute Gasteiger partial charge is 0.191 e. The fraction of sp³-hybridized carbons (Fsp3) is 0.0968. The molecule has 12 heteroatoms. The van der Waals surface area contributed by atoms with Crippen molar-refractivity contribution in [2.24, 2.45) is 10.2 Å². The van der Waals surface area contributed by atoms with Gasteiger partial charge in [0.05, 0.1) is 25.6 Å². The van der Waals surface area contributed by atoms with Crippen LogP contribution in [0.5, 0.6) is 11.5 Å². The Balaban J connectivity index is 1.20. The van der Waals surface area contributed by atoms with Crippen LogP contribution in [-0.2, 0) is 0 Å². The largest absolute Gasteiger partial charge is 0.493 e. The second kappa shape index (κ2) is 17.0. The SMILES string of the molecule is S=C(N/N=C/c1ccccc1OCCCOc1ccccc1/C=N/NC(=S)Nc1ccc(Cl)cc1)Nc1ccc(Cl)cc1. The summed E-state index contributed by atoms with van der Waals surface area (Å²) in [5.74, 6) is 1.40. The summed E-state index contributed by atoms with van der Waals surface area (Å²) in [6.07, 6.45) is 3.97. The molecule has 4 aromatic carbocycles. The molecule has 0 aliphatic carbocycles. The molecule has 0 fully saturated rings. The topological polar surface area (TPSA) is 91.3 Å². The van der Waals surface area contributed by atoms with E-state index in [2.05, 4.69) is 31.7 Å². The standard InChI is InChI=1S/C31H28Cl2N6O2S2/c32-24-10-14-26(15-11-24)36-30(42)38-34-20-22-6-1-3-8-28(22)40-18-5-19-41-29-9-4-2-7-23(29)21-35-39-31(43)37-27-16-12-25(33)13-17-27/h1-4,6-17,20-21H,5,18-19H2,(H2,36,38,42)(H2,37,39,43)/b34-20+,35-21+. The maximum Gasteiger partial charge on any atom is 0.191 e. The van der Waals surface area contributed by atoms with Crippen molar-refractivity contribution in [3.05, 3.63) is 118 Å². The second-order valence-electron chi connectivity index (χ2n) is 8.79. The summed E-state index contributed by atoms with van der Waals surface area (Å²) in [6, 6.07) is 29.7. The molecule has 220 valence electrons. The van der Waals surface area contributed by atoms with Gasteiger partial charge < -0.3 is 20.1 Å². The molecule has 0 aliphatic heterocycles. The Kier molecular flexibility index (Phi) is 12.6. The van der Waals surface area contributed by atoms with E-state index >= 15 is 0 Å². The minimum absolute atomic E-state index is 0.354. The lowest BCUT2D eigenvalue weighted by molar-refractivity contribution is 0.247. The molecule has 4 rings (SSSR count). The van der Waals surface area contributed by atoms with E-state index in [1.165, 1.54) is 0 Å². The Morgan fingerprint density at radius 2 is 1.00 bits per heavy atom. The van der Waals surface area contributed by atoms with E-state index in [0.29, 0.717) is 51.4 Å². The van der Waals surface area contributed by atoms with Crippen LogP contribution in [0.3, 0.4) is 0 Å². The quantitative estimate of drug-likeness (QED) is 0.0543. The van der Waals surface area contributed by atoms with Crippen LogP contribution in [0.2, 0.25) is 10.0 Å². The Labute approximate surface area is 271 Å². The predicted molar refractivity (Wildman–Crippen MR) is 185 cm³/mol. The van der Waals surface area contributed by atoms with Crippen LogP contribution in [0.15, 0.2) is 107 Å². The van der Waals surface area contributed by atoms with Gasteiger partial charge in [-0.05, 0) is 97.2 Å². The number of anilines is 2. The van der Waals surface area contributed by atoms with Crippen molar-refractivity contribution < 1.29 is 9.47 Å². The monoisotopic (exact) mass is 650 g/mol. The average molecular weight is 652 g/mol. The predicted octanol–water partition coefficient (Wildman–Crippen LogP) is 7.48. The van der Waals surface area contributed by atoms with E-state index in [1.54, 1.807) is 36.7 Å². The molecule has 0 aliphatic rings. The van der Waals surface area contributed by atoms with Crippen LogP contribution in [0, 0.1) is 0 Å². The highest BCUT2D eigenvalue weighted by Crippen LogP contribution is 2.18. The van der Waals surface area contributed by atoms with Crippen molar-refractivity contribution >= 4 is 81.7 Å². The van der Waals surface area contributed by atoms with Crippen molar-refractivity contribution in [2.45, 2.75) is 6.42 Å². The second-order valence-corrected chi connectivity index (χ2v) is 10.5. The van der Waals surface area contributed by atoms with E-state index in [1.807, 2.05) is 72.8 Å². The zero-order valence-corrected chi connectivity index (χ0v) is 25.9. The molecule has 0 atom stereocenters. The molecule has 4 N–H and O–H groups in total. The molecule has 0 heterocycles. The Hall–Kier alpha value is -4.22. The van der Waals surface area contributed by atoms with Gasteiger partial charge in [0.2, 0.25) is 0 Å². The first-order chi connectivity index (χ1) is 21.0. The molecule has 0 aromatic heterocycles. The van der Waals surface area contributed by atoms with Gasteiger partial charge in [-0.25, -0.2) is 0 Å². The first-order valence-electron chi connectivity index (χ1n) is 13.1. The Morgan fingerprint density at radius 1 is 0.605 bits per heavy atom. The van der Waals surface area contributed by atoms with Crippen LogP contribution in [0.4, 0.5) is 11.4 Å². The third-order valence-electron chi connectivity index (χ3n) is 5.59. The highest BCUT2D eigenvalue weighted by atomic mass is 35.5. The first kappa shape index (κ1) is 31.7. The van der Waals surface area contributed by atoms with Gasteiger partial charge in [-0.2, -0.15) is 10.2 Å². The highest BCUT2D eigenvalue weighted by molar-refractivity contribution is 7.80. The van der Waals surface area contributed by atoms with Crippen molar-refractivity contribution in [3.8, 4) is 11.5 Å². The normalized spacial score (nSPS) is 10.8. The summed E-state index contributed by atoms with van der Waals surface area (Å²) >= 11 is 22.4. The summed E-state index contributed by atoms with van der Waals surface area (Å²) in [4.78, 5) is 0. The molecule has 0 unspecified atom stereocenters. The summed E-state index contributed by atoms with van der Waals surface area (Å²) in [5.41, 5.74) is 8.84. The van der Waals surface area contributed by atoms with E-state index in [-0.39, 0.29) is 0 Å². The molecule has 4 aromatic rings. The van der Waals surface area contributed by atoms with Gasteiger partial charge in [-0.1, -0.05) is 47.5 Å².